The van der Waals surface area contributed by atoms with Crippen molar-refractivity contribution in [3.8, 4) is 17.2 Å². The number of hydrogen-bond acceptors (Lipinski definition) is 5. The monoisotopic (exact) mass is 307 g/mol. The molecule has 0 fully saturated rings. The topological polar surface area (TPSA) is 39.7 Å². The number of thiophene rings is 1. The summed E-state index contributed by atoms with van der Waals surface area (Å²) >= 11 is 1.81. The molecule has 0 bridgehead atoms. The second kappa shape index (κ2) is 7.33. The Kier molecular flexibility index (Phi) is 5.47. The van der Waals surface area contributed by atoms with Crippen LogP contribution in [0.25, 0.3) is 0 Å². The van der Waals surface area contributed by atoms with Crippen molar-refractivity contribution in [1.82, 2.24) is 5.32 Å². The van der Waals surface area contributed by atoms with Crippen molar-refractivity contribution in [3.05, 3.63) is 39.6 Å². The minimum Gasteiger partial charge on any atom is -0.493 e. The van der Waals surface area contributed by atoms with E-state index < -0.39 is 0 Å². The molecule has 1 heterocycles. The third-order valence-corrected chi connectivity index (χ3v) is 4.15. The molecular formula is C16H21NO3S. The van der Waals surface area contributed by atoms with Gasteiger partial charge >= 0.3 is 0 Å². The summed E-state index contributed by atoms with van der Waals surface area (Å²) in [4.78, 5) is 2.67. The Morgan fingerprint density at radius 3 is 2.10 bits per heavy atom. The molecule has 0 unspecified atom stereocenters. The van der Waals surface area contributed by atoms with Gasteiger partial charge in [0, 0.05) is 22.8 Å². The van der Waals surface area contributed by atoms with Crippen molar-refractivity contribution in [2.75, 3.05) is 21.3 Å². The molecule has 0 aliphatic heterocycles. The molecule has 2 rings (SSSR count). The third-order valence-electron chi connectivity index (χ3n) is 3.15. The van der Waals surface area contributed by atoms with E-state index in [-0.39, 0.29) is 0 Å². The summed E-state index contributed by atoms with van der Waals surface area (Å²) in [5, 5.41) is 3.43. The second-order valence-corrected chi connectivity index (χ2v) is 6.02. The number of rotatable bonds is 7. The fourth-order valence-electron chi connectivity index (χ4n) is 2.15. The zero-order valence-electron chi connectivity index (χ0n) is 12.9. The number of ether oxygens (including phenoxy) is 3. The molecular weight excluding hydrogens is 286 g/mol. The van der Waals surface area contributed by atoms with Gasteiger partial charge in [-0.3, -0.25) is 0 Å². The number of aryl methyl sites for hydroxylation is 1. The molecule has 0 aliphatic rings. The Bertz CT molecular complexity index is 570. The highest BCUT2D eigenvalue weighted by atomic mass is 32.1. The molecule has 1 N–H and O–H groups in total. The van der Waals surface area contributed by atoms with Crippen LogP contribution >= 0.6 is 11.3 Å². The number of methoxy groups -OCH3 is 3. The van der Waals surface area contributed by atoms with Crippen LogP contribution in [0.2, 0.25) is 0 Å². The normalized spacial score (nSPS) is 10.5. The highest BCUT2D eigenvalue weighted by Gasteiger charge is 2.12. The minimum absolute atomic E-state index is 0.623. The lowest BCUT2D eigenvalue weighted by Gasteiger charge is -2.14. The first kappa shape index (κ1) is 15.7. The highest BCUT2D eigenvalue weighted by Crippen LogP contribution is 2.38. The van der Waals surface area contributed by atoms with Gasteiger partial charge in [0.05, 0.1) is 21.3 Å². The summed E-state index contributed by atoms with van der Waals surface area (Å²) < 4.78 is 16.0. The van der Waals surface area contributed by atoms with E-state index in [0.29, 0.717) is 17.2 Å². The van der Waals surface area contributed by atoms with E-state index in [4.69, 9.17) is 14.2 Å². The lowest BCUT2D eigenvalue weighted by molar-refractivity contribution is 0.323. The Balaban J connectivity index is 2.05. The van der Waals surface area contributed by atoms with Crippen molar-refractivity contribution in [2.24, 2.45) is 0 Å². The molecule has 0 aliphatic carbocycles. The van der Waals surface area contributed by atoms with E-state index in [1.807, 2.05) is 23.5 Å². The second-order valence-electron chi connectivity index (χ2n) is 4.65. The summed E-state index contributed by atoms with van der Waals surface area (Å²) in [7, 11) is 4.86. The molecule has 4 nitrogen and oxygen atoms in total. The van der Waals surface area contributed by atoms with Crippen molar-refractivity contribution in [2.45, 2.75) is 20.0 Å². The van der Waals surface area contributed by atoms with Crippen LogP contribution in [-0.4, -0.2) is 21.3 Å². The first-order valence-electron chi connectivity index (χ1n) is 6.72. The van der Waals surface area contributed by atoms with Crippen LogP contribution in [0.5, 0.6) is 17.2 Å². The molecule has 1 aromatic carbocycles. The fourth-order valence-corrected chi connectivity index (χ4v) is 3.01. The molecule has 21 heavy (non-hydrogen) atoms. The first-order valence-corrected chi connectivity index (χ1v) is 7.54. The first-order chi connectivity index (χ1) is 10.2. The predicted octanol–water partition coefficient (Wildman–Crippen LogP) is 3.37. The van der Waals surface area contributed by atoms with Crippen LogP contribution in [0.4, 0.5) is 0 Å². The van der Waals surface area contributed by atoms with Gasteiger partial charge in [-0.1, -0.05) is 0 Å². The molecule has 1 aromatic heterocycles. The van der Waals surface area contributed by atoms with Crippen molar-refractivity contribution < 1.29 is 14.2 Å². The molecule has 0 amide bonds. The molecule has 2 aromatic rings. The van der Waals surface area contributed by atoms with Crippen LogP contribution in [0.3, 0.4) is 0 Å². The van der Waals surface area contributed by atoms with E-state index in [0.717, 1.165) is 18.7 Å². The summed E-state index contributed by atoms with van der Waals surface area (Å²) in [5.41, 5.74) is 1.10. The Labute approximate surface area is 129 Å². The summed E-state index contributed by atoms with van der Waals surface area (Å²) in [6.45, 7) is 3.72. The number of nitrogens with one attached hydrogen (secondary N) is 1. The van der Waals surface area contributed by atoms with Gasteiger partial charge in [0.15, 0.2) is 11.5 Å². The van der Waals surface area contributed by atoms with Crippen LogP contribution in [0.15, 0.2) is 24.3 Å². The lowest BCUT2D eigenvalue weighted by atomic mass is 10.1. The summed E-state index contributed by atoms with van der Waals surface area (Å²) in [6, 6.07) is 8.23. The third kappa shape index (κ3) is 3.89. The smallest absolute Gasteiger partial charge is 0.203 e. The molecule has 0 saturated carbocycles. The quantitative estimate of drug-likeness (QED) is 0.851. The van der Waals surface area contributed by atoms with Gasteiger partial charge in [0.25, 0.3) is 0 Å². The van der Waals surface area contributed by atoms with Gasteiger partial charge < -0.3 is 19.5 Å². The molecule has 0 spiro atoms. The van der Waals surface area contributed by atoms with Gasteiger partial charge in [0.1, 0.15) is 0 Å². The Morgan fingerprint density at radius 1 is 0.952 bits per heavy atom. The van der Waals surface area contributed by atoms with Gasteiger partial charge in [-0.05, 0) is 36.8 Å². The lowest BCUT2D eigenvalue weighted by Crippen LogP contribution is -2.12. The fraction of sp³-hybridized carbons (Fsp3) is 0.375. The van der Waals surface area contributed by atoms with E-state index in [2.05, 4.69) is 24.4 Å². The van der Waals surface area contributed by atoms with E-state index in [9.17, 15) is 0 Å². The van der Waals surface area contributed by atoms with Gasteiger partial charge in [-0.25, -0.2) is 0 Å². The SMILES string of the molecule is COc1cc(CNCc2ccc(C)s2)cc(OC)c1OC. The maximum Gasteiger partial charge on any atom is 0.203 e. The zero-order chi connectivity index (χ0) is 15.2. The van der Waals surface area contributed by atoms with E-state index in [1.54, 1.807) is 21.3 Å². The zero-order valence-corrected chi connectivity index (χ0v) is 13.7. The van der Waals surface area contributed by atoms with Crippen molar-refractivity contribution in [3.63, 3.8) is 0 Å². The van der Waals surface area contributed by atoms with Crippen LogP contribution in [0.1, 0.15) is 15.3 Å². The molecule has 5 heteroatoms. The standard InChI is InChI=1S/C16H21NO3S/c1-11-5-6-13(21-11)10-17-9-12-7-14(18-2)16(20-4)15(8-12)19-3/h5-8,17H,9-10H2,1-4H3. The molecule has 0 saturated heterocycles. The largest absolute Gasteiger partial charge is 0.493 e. The Morgan fingerprint density at radius 2 is 1.62 bits per heavy atom. The van der Waals surface area contributed by atoms with Crippen LogP contribution in [0, 0.1) is 6.92 Å². The van der Waals surface area contributed by atoms with Crippen LogP contribution < -0.4 is 19.5 Å². The van der Waals surface area contributed by atoms with E-state index in [1.165, 1.54) is 9.75 Å². The maximum atomic E-state index is 5.36. The van der Waals surface area contributed by atoms with E-state index >= 15 is 0 Å². The van der Waals surface area contributed by atoms with Crippen LogP contribution in [-0.2, 0) is 13.1 Å². The summed E-state index contributed by atoms with van der Waals surface area (Å²) in [5.74, 6) is 1.99. The van der Waals surface area contributed by atoms with Crippen molar-refractivity contribution >= 4 is 11.3 Å². The Hall–Kier alpha value is -1.72. The maximum absolute atomic E-state index is 5.36. The molecule has 0 radical (unpaired) electrons. The summed E-state index contributed by atoms with van der Waals surface area (Å²) in [6.07, 6.45) is 0. The van der Waals surface area contributed by atoms with Gasteiger partial charge in [-0.15, -0.1) is 11.3 Å². The highest BCUT2D eigenvalue weighted by molar-refractivity contribution is 7.11. The number of hydrogen-bond donors (Lipinski definition) is 1. The van der Waals surface area contributed by atoms with Crippen molar-refractivity contribution in [1.29, 1.82) is 0 Å². The predicted molar refractivity (Wildman–Crippen MR) is 85.7 cm³/mol. The number of benzene rings is 1. The van der Waals surface area contributed by atoms with Gasteiger partial charge in [0.2, 0.25) is 5.75 Å². The average Bonchev–Trinajstić information content (AvgIpc) is 2.91. The average molecular weight is 307 g/mol. The molecule has 114 valence electrons. The molecule has 0 atom stereocenters. The minimum atomic E-state index is 0.623. The van der Waals surface area contributed by atoms with Gasteiger partial charge in [-0.2, -0.15) is 0 Å².